The summed E-state index contributed by atoms with van der Waals surface area (Å²) in [6.07, 6.45) is 0.0757. The van der Waals surface area contributed by atoms with E-state index in [1.165, 1.54) is 0 Å². The Bertz CT molecular complexity index is 416. The summed E-state index contributed by atoms with van der Waals surface area (Å²) in [6, 6.07) is 9.21. The van der Waals surface area contributed by atoms with Crippen LogP contribution < -0.4 is 5.73 Å². The van der Waals surface area contributed by atoms with Gasteiger partial charge in [-0.3, -0.25) is 5.73 Å². The van der Waals surface area contributed by atoms with Gasteiger partial charge in [-0.1, -0.05) is 35.5 Å². The second kappa shape index (κ2) is 3.36. The van der Waals surface area contributed by atoms with Crippen molar-refractivity contribution in [2.75, 3.05) is 0 Å². The standard InChI is InChI=1S/C10H10N2O3/c11-10(9(13)14)6-8(12-15-10)7-4-2-1-3-5-7/h1-5H,6,11H2,(H,13,14). The molecule has 1 aliphatic heterocycles. The molecular formula is C10H10N2O3. The van der Waals surface area contributed by atoms with Crippen molar-refractivity contribution in [3.63, 3.8) is 0 Å². The predicted octanol–water partition coefficient (Wildman–Crippen LogP) is 0.551. The molecule has 0 spiro atoms. The minimum absolute atomic E-state index is 0.0757. The molecule has 0 aliphatic carbocycles. The van der Waals surface area contributed by atoms with Crippen molar-refractivity contribution < 1.29 is 14.7 Å². The monoisotopic (exact) mass is 206 g/mol. The molecule has 15 heavy (non-hydrogen) atoms. The zero-order valence-corrected chi connectivity index (χ0v) is 7.88. The molecule has 1 aromatic rings. The van der Waals surface area contributed by atoms with Crippen molar-refractivity contribution in [3.05, 3.63) is 35.9 Å². The molecule has 5 nitrogen and oxygen atoms in total. The lowest BCUT2D eigenvalue weighted by Crippen LogP contribution is -2.48. The van der Waals surface area contributed by atoms with Crippen molar-refractivity contribution in [1.29, 1.82) is 0 Å². The van der Waals surface area contributed by atoms with E-state index in [-0.39, 0.29) is 6.42 Å². The van der Waals surface area contributed by atoms with Gasteiger partial charge in [-0.15, -0.1) is 0 Å². The highest BCUT2D eigenvalue weighted by Crippen LogP contribution is 2.22. The van der Waals surface area contributed by atoms with Gasteiger partial charge in [0.15, 0.2) is 0 Å². The molecule has 0 saturated carbocycles. The lowest BCUT2D eigenvalue weighted by Gasteiger charge is -2.14. The van der Waals surface area contributed by atoms with E-state index in [2.05, 4.69) is 5.16 Å². The Balaban J connectivity index is 2.21. The zero-order chi connectivity index (χ0) is 10.9. The van der Waals surface area contributed by atoms with Gasteiger partial charge < -0.3 is 9.94 Å². The van der Waals surface area contributed by atoms with Crippen molar-refractivity contribution in [3.8, 4) is 0 Å². The van der Waals surface area contributed by atoms with Crippen molar-refractivity contribution in [2.45, 2.75) is 12.1 Å². The first kappa shape index (κ1) is 9.67. The average molecular weight is 206 g/mol. The number of oxime groups is 1. The van der Waals surface area contributed by atoms with E-state index in [0.717, 1.165) is 5.56 Å². The Hall–Kier alpha value is -1.88. The van der Waals surface area contributed by atoms with Crippen molar-refractivity contribution in [2.24, 2.45) is 10.9 Å². The summed E-state index contributed by atoms with van der Waals surface area (Å²) in [6.45, 7) is 0. The third-order valence-corrected chi connectivity index (χ3v) is 2.22. The van der Waals surface area contributed by atoms with Crippen LogP contribution in [0.3, 0.4) is 0 Å². The third-order valence-electron chi connectivity index (χ3n) is 2.22. The Morgan fingerprint density at radius 3 is 2.67 bits per heavy atom. The van der Waals surface area contributed by atoms with Gasteiger partial charge in [-0.2, -0.15) is 0 Å². The fraction of sp³-hybridized carbons (Fsp3) is 0.200. The Labute approximate surface area is 86.1 Å². The maximum atomic E-state index is 10.8. The van der Waals surface area contributed by atoms with Crippen LogP contribution in [0.25, 0.3) is 0 Å². The smallest absolute Gasteiger partial charge is 0.366 e. The summed E-state index contributed by atoms with van der Waals surface area (Å²) in [7, 11) is 0. The van der Waals surface area contributed by atoms with E-state index in [0.29, 0.717) is 5.71 Å². The molecule has 78 valence electrons. The topological polar surface area (TPSA) is 84.9 Å². The molecule has 1 aromatic carbocycles. The molecule has 0 bridgehead atoms. The van der Waals surface area contributed by atoms with Crippen LogP contribution in [-0.4, -0.2) is 22.5 Å². The summed E-state index contributed by atoms with van der Waals surface area (Å²) in [5, 5.41) is 12.5. The molecule has 0 radical (unpaired) electrons. The quantitative estimate of drug-likeness (QED) is 0.740. The van der Waals surface area contributed by atoms with Gasteiger partial charge in [-0.05, 0) is 5.56 Å². The number of carbonyl (C=O) groups is 1. The molecule has 1 atom stereocenters. The van der Waals surface area contributed by atoms with Gasteiger partial charge in [-0.25, -0.2) is 4.79 Å². The number of carboxylic acids is 1. The maximum Gasteiger partial charge on any atom is 0.366 e. The van der Waals surface area contributed by atoms with Crippen LogP contribution in [-0.2, 0) is 9.63 Å². The highest BCUT2D eigenvalue weighted by Gasteiger charge is 2.43. The summed E-state index contributed by atoms with van der Waals surface area (Å²) in [4.78, 5) is 15.5. The number of nitrogens with zero attached hydrogens (tertiary/aromatic N) is 1. The number of hydrogen-bond donors (Lipinski definition) is 2. The first-order chi connectivity index (χ1) is 7.12. The van der Waals surface area contributed by atoms with Gasteiger partial charge in [0.25, 0.3) is 5.72 Å². The fourth-order valence-corrected chi connectivity index (χ4v) is 1.35. The predicted molar refractivity (Wildman–Crippen MR) is 53.2 cm³/mol. The fourth-order valence-electron chi connectivity index (χ4n) is 1.35. The van der Waals surface area contributed by atoms with Crippen LogP contribution in [0.5, 0.6) is 0 Å². The number of nitrogens with two attached hydrogens (primary N) is 1. The summed E-state index contributed by atoms with van der Waals surface area (Å²) in [5.74, 6) is -1.21. The van der Waals surface area contributed by atoms with Crippen molar-refractivity contribution >= 4 is 11.7 Å². The summed E-state index contributed by atoms with van der Waals surface area (Å²) >= 11 is 0. The van der Waals surface area contributed by atoms with E-state index in [9.17, 15) is 4.79 Å². The number of hydrogen-bond acceptors (Lipinski definition) is 4. The number of benzene rings is 1. The van der Waals surface area contributed by atoms with Gasteiger partial charge in [0.05, 0.1) is 12.1 Å². The molecule has 1 heterocycles. The van der Waals surface area contributed by atoms with E-state index in [4.69, 9.17) is 15.7 Å². The van der Waals surface area contributed by atoms with Crippen LogP contribution in [0.15, 0.2) is 35.5 Å². The molecule has 1 aliphatic rings. The van der Waals surface area contributed by atoms with Crippen LogP contribution in [0.1, 0.15) is 12.0 Å². The first-order valence-corrected chi connectivity index (χ1v) is 4.44. The minimum Gasteiger partial charge on any atom is -0.477 e. The van der Waals surface area contributed by atoms with Gasteiger partial charge in [0.2, 0.25) is 0 Å². The van der Waals surface area contributed by atoms with E-state index < -0.39 is 11.7 Å². The second-order valence-corrected chi connectivity index (χ2v) is 3.37. The van der Waals surface area contributed by atoms with Crippen molar-refractivity contribution in [1.82, 2.24) is 0 Å². The van der Waals surface area contributed by atoms with Crippen LogP contribution in [0, 0.1) is 0 Å². The molecule has 0 fully saturated rings. The van der Waals surface area contributed by atoms with E-state index in [1.54, 1.807) is 0 Å². The second-order valence-electron chi connectivity index (χ2n) is 3.37. The summed E-state index contributed by atoms with van der Waals surface area (Å²) < 4.78 is 0. The highest BCUT2D eigenvalue weighted by molar-refractivity contribution is 6.04. The van der Waals surface area contributed by atoms with Gasteiger partial charge in [0, 0.05) is 0 Å². The van der Waals surface area contributed by atoms with Crippen LogP contribution in [0.4, 0.5) is 0 Å². The summed E-state index contributed by atoms with van der Waals surface area (Å²) in [5.41, 5.74) is 5.16. The highest BCUT2D eigenvalue weighted by atomic mass is 16.7. The SMILES string of the molecule is NC1(C(=O)O)CC(c2ccccc2)=NO1. The molecule has 0 amide bonds. The minimum atomic E-state index is -1.72. The molecule has 0 aromatic heterocycles. The normalized spacial score (nSPS) is 24.5. The van der Waals surface area contributed by atoms with Crippen LogP contribution >= 0.6 is 0 Å². The Morgan fingerprint density at radius 2 is 2.13 bits per heavy atom. The molecule has 0 saturated heterocycles. The largest absolute Gasteiger partial charge is 0.477 e. The molecular weight excluding hydrogens is 196 g/mol. The first-order valence-electron chi connectivity index (χ1n) is 4.44. The number of rotatable bonds is 2. The molecule has 1 unspecified atom stereocenters. The molecule has 5 heteroatoms. The maximum absolute atomic E-state index is 10.8. The molecule has 2 rings (SSSR count). The number of carboxylic acid groups (broad SMARTS) is 1. The lowest BCUT2D eigenvalue weighted by atomic mass is 10.0. The zero-order valence-electron chi connectivity index (χ0n) is 7.88. The van der Waals surface area contributed by atoms with Gasteiger partial charge >= 0.3 is 5.97 Å². The average Bonchev–Trinajstić information content (AvgIpc) is 2.64. The molecule has 3 N–H and O–H groups in total. The third kappa shape index (κ3) is 1.69. The Morgan fingerprint density at radius 1 is 1.47 bits per heavy atom. The van der Waals surface area contributed by atoms with E-state index in [1.807, 2.05) is 30.3 Å². The Kier molecular flexibility index (Phi) is 2.17. The van der Waals surface area contributed by atoms with Gasteiger partial charge in [0.1, 0.15) is 0 Å². The lowest BCUT2D eigenvalue weighted by molar-refractivity contribution is -0.161. The number of aliphatic carboxylic acids is 1. The van der Waals surface area contributed by atoms with E-state index >= 15 is 0 Å². The van der Waals surface area contributed by atoms with Crippen LogP contribution in [0.2, 0.25) is 0 Å².